The van der Waals surface area contributed by atoms with Crippen LogP contribution in [0, 0.1) is 0 Å². The molecule has 0 radical (unpaired) electrons. The molecular formula is C90H64BN3OSi2. The van der Waals surface area contributed by atoms with Crippen molar-refractivity contribution >= 4 is 154 Å². The average Bonchev–Trinajstić information content (AvgIpc) is 0.817. The number of para-hydroxylation sites is 3. The largest absolute Gasteiger partial charge is 0.456 e. The molecule has 456 valence electrons. The summed E-state index contributed by atoms with van der Waals surface area (Å²) in [4.78, 5) is 7.68. The monoisotopic (exact) mass is 1270 g/mol. The van der Waals surface area contributed by atoms with Gasteiger partial charge in [-0.2, -0.15) is 0 Å². The Hall–Kier alpha value is -12.0. The van der Waals surface area contributed by atoms with Crippen molar-refractivity contribution in [3.05, 3.63) is 388 Å². The lowest BCUT2D eigenvalue weighted by Crippen LogP contribution is -2.75. The van der Waals surface area contributed by atoms with Crippen LogP contribution < -0.4 is 72.6 Å². The number of fused-ring (bicyclic) bond motifs is 7. The van der Waals surface area contributed by atoms with E-state index in [1.54, 1.807) is 0 Å². The number of anilines is 9. The van der Waals surface area contributed by atoms with Gasteiger partial charge < -0.3 is 19.1 Å². The first kappa shape index (κ1) is 57.6. The lowest BCUT2D eigenvalue weighted by atomic mass is 9.33. The fourth-order valence-corrected chi connectivity index (χ4v) is 25.7. The van der Waals surface area contributed by atoms with Gasteiger partial charge in [-0.25, -0.2) is 0 Å². The van der Waals surface area contributed by atoms with Crippen LogP contribution in [0.5, 0.6) is 0 Å². The molecule has 0 saturated heterocycles. The summed E-state index contributed by atoms with van der Waals surface area (Å²) in [6.07, 6.45) is 0. The summed E-state index contributed by atoms with van der Waals surface area (Å²) in [6, 6.07) is 146. The van der Waals surface area contributed by atoms with Crippen molar-refractivity contribution in [2.45, 2.75) is 0 Å². The molecule has 0 N–H and O–H groups in total. The van der Waals surface area contributed by atoms with Gasteiger partial charge in [0.1, 0.15) is 11.2 Å². The summed E-state index contributed by atoms with van der Waals surface area (Å²) in [7, 11) is -6.27. The topological polar surface area (TPSA) is 22.9 Å². The van der Waals surface area contributed by atoms with Crippen LogP contribution in [0.2, 0.25) is 0 Å². The molecule has 0 atom stereocenters. The first-order chi connectivity index (χ1) is 48.1. The summed E-state index contributed by atoms with van der Waals surface area (Å²) in [5.41, 5.74) is 17.5. The summed E-state index contributed by atoms with van der Waals surface area (Å²) in [5.74, 6) is 0. The molecule has 4 nitrogen and oxygen atoms in total. The molecule has 0 aliphatic carbocycles. The number of benzene rings is 15. The Morgan fingerprint density at radius 2 is 0.670 bits per heavy atom. The molecular weight excluding hydrogens is 1210 g/mol. The summed E-state index contributed by atoms with van der Waals surface area (Å²) >= 11 is 0. The molecule has 0 spiro atoms. The van der Waals surface area contributed by atoms with E-state index < -0.39 is 16.1 Å². The highest BCUT2D eigenvalue weighted by molar-refractivity contribution is 7.20. The van der Waals surface area contributed by atoms with Gasteiger partial charge in [-0.3, -0.25) is 0 Å². The molecule has 0 fully saturated rings. The van der Waals surface area contributed by atoms with Crippen molar-refractivity contribution in [1.29, 1.82) is 0 Å². The zero-order valence-corrected chi connectivity index (χ0v) is 55.3. The van der Waals surface area contributed by atoms with E-state index in [1.807, 2.05) is 0 Å². The molecule has 2 aliphatic heterocycles. The van der Waals surface area contributed by atoms with Crippen LogP contribution >= 0.6 is 0 Å². The van der Waals surface area contributed by atoms with Gasteiger partial charge in [0.15, 0.2) is 16.1 Å². The number of furan rings is 1. The third-order valence-corrected chi connectivity index (χ3v) is 29.8. The van der Waals surface area contributed by atoms with Crippen molar-refractivity contribution < 1.29 is 4.42 Å². The van der Waals surface area contributed by atoms with E-state index in [0.29, 0.717) is 0 Å². The van der Waals surface area contributed by atoms with Gasteiger partial charge in [0, 0.05) is 56.3 Å². The molecule has 7 heteroatoms. The van der Waals surface area contributed by atoms with Gasteiger partial charge in [0.05, 0.1) is 5.69 Å². The van der Waals surface area contributed by atoms with Crippen LogP contribution in [0.15, 0.2) is 393 Å². The van der Waals surface area contributed by atoms with E-state index >= 15 is 0 Å². The molecule has 16 aromatic rings. The minimum atomic E-state index is -3.16. The summed E-state index contributed by atoms with van der Waals surface area (Å²) in [6.45, 7) is -0.231. The van der Waals surface area contributed by atoms with Crippen molar-refractivity contribution in [2.24, 2.45) is 0 Å². The Balaban J connectivity index is 1.00. The molecule has 0 bridgehead atoms. The second kappa shape index (κ2) is 24.1. The van der Waals surface area contributed by atoms with E-state index in [0.717, 1.165) is 78.7 Å². The highest BCUT2D eigenvalue weighted by atomic mass is 28.3. The molecule has 1 aromatic heterocycles. The average molecular weight is 1270 g/mol. The number of rotatable bonds is 14. The van der Waals surface area contributed by atoms with Gasteiger partial charge in [-0.1, -0.05) is 303 Å². The second-order valence-corrected chi connectivity index (χ2v) is 33.1. The normalized spacial score (nSPS) is 12.5. The van der Waals surface area contributed by atoms with Crippen LogP contribution in [-0.4, -0.2) is 22.9 Å². The molecule has 15 aromatic carbocycles. The predicted octanol–water partition coefficient (Wildman–Crippen LogP) is 15.6. The molecule has 18 rings (SSSR count). The maximum atomic E-state index is 6.62. The first-order valence-corrected chi connectivity index (χ1v) is 37.5. The summed E-state index contributed by atoms with van der Waals surface area (Å²) in [5, 5.41) is 12.7. The molecule has 3 heterocycles. The molecule has 97 heavy (non-hydrogen) atoms. The third-order valence-electron chi connectivity index (χ3n) is 20.3. The Labute approximate surface area is 568 Å². The minimum Gasteiger partial charge on any atom is -0.456 e. The standard InChI is InChI=1S/C90H64BN3OSi2/c1-10-31-65(32-11-1)66-53-57-84-83(59-66)91-82-56-55-79(97(75-44-22-7-23-45-75,76-46-24-8-25-47-76)77-48-26-9-27-49-77)64-85(82)94(69-37-30-50-78(60-69)96(72-38-16-4-17-39-72,73-40-18-5-19-41-73)74-42-20-6-21-43-74)87-63-71(92(67-33-12-2-13-34-67)68-35-14-3-15-36-68)62-86(90(87)91)93(84)70-54-58-89-81(61-70)80-51-28-29-52-88(80)95-89/h1-64H. The van der Waals surface area contributed by atoms with Crippen molar-refractivity contribution in [1.82, 2.24) is 0 Å². The smallest absolute Gasteiger partial charge is 0.252 e. The highest BCUT2D eigenvalue weighted by Gasteiger charge is 2.48. The summed E-state index contributed by atoms with van der Waals surface area (Å²) < 4.78 is 6.62. The Morgan fingerprint density at radius 1 is 0.247 bits per heavy atom. The van der Waals surface area contributed by atoms with Gasteiger partial charge >= 0.3 is 0 Å². The lowest BCUT2D eigenvalue weighted by molar-refractivity contribution is 0.669. The first-order valence-electron chi connectivity index (χ1n) is 33.5. The molecule has 2 aliphatic rings. The predicted molar refractivity (Wildman–Crippen MR) is 415 cm³/mol. The second-order valence-electron chi connectivity index (χ2n) is 25.4. The Bertz CT molecular complexity index is 5300. The third kappa shape index (κ3) is 9.49. The van der Waals surface area contributed by atoms with Crippen molar-refractivity contribution in [3.63, 3.8) is 0 Å². The zero-order valence-electron chi connectivity index (χ0n) is 53.3. The maximum Gasteiger partial charge on any atom is 0.252 e. The quantitative estimate of drug-likeness (QED) is 0.0799. The SMILES string of the molecule is c1ccc(-c2ccc3c(c2)B2c4ccc([Si](c5ccccc5)(c5ccccc5)c5ccccc5)cc4N(c4cccc([Si](c5ccccc5)(c5ccccc5)c5ccccc5)c4)c4cc(N(c5ccccc5)c5ccccc5)cc(c42)N3c2ccc3oc4ccccc4c3c2)cc1. The van der Waals surface area contributed by atoms with Gasteiger partial charge in [0.2, 0.25) is 0 Å². The van der Waals surface area contributed by atoms with Crippen LogP contribution in [0.4, 0.5) is 51.2 Å². The van der Waals surface area contributed by atoms with Gasteiger partial charge in [-0.15, -0.1) is 0 Å². The van der Waals surface area contributed by atoms with Crippen molar-refractivity contribution in [2.75, 3.05) is 14.7 Å². The minimum absolute atomic E-state index is 0.231. The van der Waals surface area contributed by atoms with E-state index in [9.17, 15) is 0 Å². The number of hydrogen-bond donors (Lipinski definition) is 0. The fraction of sp³-hybridized carbons (Fsp3) is 0. The maximum absolute atomic E-state index is 6.62. The van der Waals surface area contributed by atoms with Gasteiger partial charge in [0.25, 0.3) is 6.71 Å². The van der Waals surface area contributed by atoms with Crippen LogP contribution in [0.3, 0.4) is 0 Å². The van der Waals surface area contributed by atoms with Crippen LogP contribution in [-0.2, 0) is 0 Å². The van der Waals surface area contributed by atoms with E-state index in [4.69, 9.17) is 4.42 Å². The number of hydrogen-bond acceptors (Lipinski definition) is 4. The molecule has 0 saturated carbocycles. The molecule has 0 amide bonds. The zero-order chi connectivity index (χ0) is 64.3. The fourth-order valence-electron chi connectivity index (χ4n) is 16.2. The van der Waals surface area contributed by atoms with E-state index in [2.05, 4.69) is 403 Å². The number of nitrogens with zero attached hydrogens (tertiary/aromatic N) is 3. The van der Waals surface area contributed by atoms with Gasteiger partial charge in [-0.05, 0) is 154 Å². The highest BCUT2D eigenvalue weighted by Crippen LogP contribution is 2.49. The Kier molecular flexibility index (Phi) is 14.3. The Morgan fingerprint density at radius 3 is 1.19 bits per heavy atom. The van der Waals surface area contributed by atoms with E-state index in [-0.39, 0.29) is 6.71 Å². The van der Waals surface area contributed by atoms with Crippen molar-refractivity contribution in [3.8, 4) is 11.1 Å². The lowest BCUT2D eigenvalue weighted by Gasteiger charge is -2.46. The van der Waals surface area contributed by atoms with Crippen LogP contribution in [0.25, 0.3) is 33.1 Å². The van der Waals surface area contributed by atoms with E-state index in [1.165, 1.54) is 63.4 Å². The molecule has 0 unspecified atom stereocenters. The van der Waals surface area contributed by atoms with Crippen LogP contribution in [0.1, 0.15) is 0 Å².